The molecule has 2 atom stereocenters. The van der Waals surface area contributed by atoms with E-state index in [1.165, 1.54) is 0 Å². The monoisotopic (exact) mass is 477 g/mol. The number of aliphatic hydroxyl groups is 1. The highest BCUT2D eigenvalue weighted by Crippen LogP contribution is 2.34. The Labute approximate surface area is 201 Å². The molecule has 4 aromatic rings. The Bertz CT molecular complexity index is 1320. The number of benzene rings is 3. The van der Waals surface area contributed by atoms with Crippen LogP contribution in [0.3, 0.4) is 0 Å². The first kappa shape index (κ1) is 22.4. The third-order valence-corrected chi connectivity index (χ3v) is 6.29. The molecule has 0 radical (unpaired) electrons. The summed E-state index contributed by atoms with van der Waals surface area (Å²) in [6, 6.07) is 19.8. The number of imidazole rings is 1. The first-order valence-electron chi connectivity index (χ1n) is 11.1. The van der Waals surface area contributed by atoms with Crippen molar-refractivity contribution >= 4 is 28.5 Å². The van der Waals surface area contributed by atoms with E-state index in [0.29, 0.717) is 29.6 Å². The minimum absolute atomic E-state index is 0.0148. The number of aromatic amines is 1. The number of amides is 1. The third kappa shape index (κ3) is 4.50. The van der Waals surface area contributed by atoms with Crippen molar-refractivity contribution in [3.63, 3.8) is 0 Å². The predicted molar refractivity (Wildman–Crippen MR) is 131 cm³/mol. The maximum Gasteiger partial charge on any atom is 0.294 e. The molecule has 34 heavy (non-hydrogen) atoms. The summed E-state index contributed by atoms with van der Waals surface area (Å²) in [5, 5.41) is 12.5. The predicted octanol–water partition coefficient (Wildman–Crippen LogP) is 4.44. The van der Waals surface area contributed by atoms with Crippen LogP contribution in [0.1, 0.15) is 16.8 Å². The molecular formula is C26H24ClN3O4. The number of aromatic nitrogens is 2. The molecule has 5 rings (SSSR count). The Morgan fingerprint density at radius 1 is 1.15 bits per heavy atom. The molecule has 1 amide bonds. The zero-order valence-electron chi connectivity index (χ0n) is 18.5. The average molecular weight is 478 g/mol. The summed E-state index contributed by atoms with van der Waals surface area (Å²) >= 11 is 6.60. The lowest BCUT2D eigenvalue weighted by atomic mass is 9.99. The van der Waals surface area contributed by atoms with E-state index in [-0.39, 0.29) is 24.7 Å². The number of ether oxygens (including phenoxy) is 2. The van der Waals surface area contributed by atoms with Crippen molar-refractivity contribution in [3.05, 3.63) is 71.2 Å². The molecule has 174 valence electrons. The molecule has 7 nitrogen and oxygen atoms in total. The van der Waals surface area contributed by atoms with E-state index in [1.807, 2.05) is 60.7 Å². The molecule has 8 heteroatoms. The second kappa shape index (κ2) is 9.46. The summed E-state index contributed by atoms with van der Waals surface area (Å²) in [5.41, 5.74) is 6.07. The third-order valence-electron chi connectivity index (χ3n) is 5.98. The molecule has 3 N–H and O–H groups in total. The molecule has 3 aromatic carbocycles. The molecule has 1 aliphatic rings. The maximum atomic E-state index is 11.7. The first-order valence-corrected chi connectivity index (χ1v) is 11.4. The van der Waals surface area contributed by atoms with E-state index < -0.39 is 0 Å². The average Bonchev–Trinajstić information content (AvgIpc) is 3.49. The fourth-order valence-electron chi connectivity index (χ4n) is 4.12. The molecule has 0 spiro atoms. The topological polar surface area (TPSA) is 96.5 Å². The van der Waals surface area contributed by atoms with Crippen molar-refractivity contribution in [2.45, 2.75) is 18.6 Å². The van der Waals surface area contributed by atoms with Gasteiger partial charge in [-0.15, -0.1) is 0 Å². The number of fused-ring (bicyclic) bond motifs is 1. The Hall–Kier alpha value is -3.39. The molecular weight excluding hydrogens is 454 g/mol. The Morgan fingerprint density at radius 2 is 1.82 bits per heavy atom. The van der Waals surface area contributed by atoms with Gasteiger partial charge < -0.3 is 24.9 Å². The van der Waals surface area contributed by atoms with Crippen LogP contribution in [0.5, 0.6) is 6.01 Å². The largest absolute Gasteiger partial charge is 0.459 e. The van der Waals surface area contributed by atoms with Crippen LogP contribution >= 0.6 is 11.6 Å². The summed E-state index contributed by atoms with van der Waals surface area (Å²) in [5.74, 6) is -0.107. The van der Waals surface area contributed by atoms with E-state index in [2.05, 4.69) is 15.3 Å². The van der Waals surface area contributed by atoms with Crippen molar-refractivity contribution in [1.29, 1.82) is 0 Å². The summed E-state index contributed by atoms with van der Waals surface area (Å²) in [6.07, 6.45) is 0.290. The molecule has 1 saturated heterocycles. The van der Waals surface area contributed by atoms with Crippen LogP contribution in [0.4, 0.5) is 0 Å². The number of halogens is 1. The smallest absolute Gasteiger partial charge is 0.294 e. The SMILES string of the molecule is CNC(=O)c1ccc(-c2ccc(-c3cc4nc(OC5CO[C@H](CO)C5)[nH]c4cc3Cl)cc2)cc1. The molecule has 0 bridgehead atoms. The van der Waals surface area contributed by atoms with E-state index in [4.69, 9.17) is 21.1 Å². The number of nitrogens with one attached hydrogen (secondary N) is 2. The molecule has 0 aliphatic carbocycles. The standard InChI is InChI=1S/C26H24ClN3O4/c1-28-25(32)18-8-4-16(5-9-18)15-2-6-17(7-3-15)21-11-23-24(12-22(21)27)30-26(29-23)34-20-10-19(13-31)33-14-20/h2-9,11-12,19-20,31H,10,13-14H2,1H3,(H,28,32)(H,29,30)/t19-,20?/m0/s1. The van der Waals surface area contributed by atoms with Gasteiger partial charge in [-0.25, -0.2) is 0 Å². The van der Waals surface area contributed by atoms with Gasteiger partial charge in [0.2, 0.25) is 0 Å². The van der Waals surface area contributed by atoms with Crippen LogP contribution in [0.15, 0.2) is 60.7 Å². The van der Waals surface area contributed by atoms with Gasteiger partial charge in [0.1, 0.15) is 6.10 Å². The molecule has 0 saturated carbocycles. The highest BCUT2D eigenvalue weighted by Gasteiger charge is 2.27. The van der Waals surface area contributed by atoms with Crippen molar-refractivity contribution < 1.29 is 19.4 Å². The highest BCUT2D eigenvalue weighted by molar-refractivity contribution is 6.34. The summed E-state index contributed by atoms with van der Waals surface area (Å²) < 4.78 is 11.4. The minimum Gasteiger partial charge on any atom is -0.459 e. The minimum atomic E-state index is -0.188. The van der Waals surface area contributed by atoms with Crippen LogP contribution in [0, 0.1) is 0 Å². The maximum absolute atomic E-state index is 11.7. The van der Waals surface area contributed by atoms with Crippen LogP contribution in [0.2, 0.25) is 5.02 Å². The van der Waals surface area contributed by atoms with Crippen LogP contribution in [-0.4, -0.2) is 53.5 Å². The number of rotatable bonds is 6. The Balaban J connectivity index is 1.36. The number of carbonyl (C=O) groups is 1. The fourth-order valence-corrected chi connectivity index (χ4v) is 4.40. The molecule has 1 unspecified atom stereocenters. The van der Waals surface area contributed by atoms with Crippen molar-refractivity contribution in [2.75, 3.05) is 20.3 Å². The van der Waals surface area contributed by atoms with E-state index in [9.17, 15) is 9.90 Å². The number of aliphatic hydroxyl groups excluding tert-OH is 1. The van der Waals surface area contributed by atoms with Gasteiger partial charge >= 0.3 is 0 Å². The molecule has 1 aliphatic heterocycles. The van der Waals surface area contributed by atoms with Gasteiger partial charge in [-0.1, -0.05) is 48.0 Å². The normalized spacial score (nSPS) is 17.7. The van der Waals surface area contributed by atoms with Gasteiger partial charge in [-0.2, -0.15) is 4.98 Å². The van der Waals surface area contributed by atoms with Crippen molar-refractivity contribution in [3.8, 4) is 28.3 Å². The number of H-pyrrole nitrogens is 1. The summed E-state index contributed by atoms with van der Waals surface area (Å²) in [6.45, 7) is 0.411. The Morgan fingerprint density at radius 3 is 2.47 bits per heavy atom. The fraction of sp³-hybridized carbons (Fsp3) is 0.231. The van der Waals surface area contributed by atoms with Gasteiger partial charge in [0, 0.05) is 24.6 Å². The van der Waals surface area contributed by atoms with E-state index >= 15 is 0 Å². The molecule has 1 fully saturated rings. The van der Waals surface area contributed by atoms with Gasteiger partial charge in [0.05, 0.1) is 35.4 Å². The van der Waals surface area contributed by atoms with Crippen molar-refractivity contribution in [1.82, 2.24) is 15.3 Å². The second-order valence-corrected chi connectivity index (χ2v) is 8.65. The molecule has 1 aromatic heterocycles. The van der Waals surface area contributed by atoms with Gasteiger partial charge in [0.15, 0.2) is 0 Å². The van der Waals surface area contributed by atoms with Crippen molar-refractivity contribution in [2.24, 2.45) is 0 Å². The summed E-state index contributed by atoms with van der Waals surface area (Å²) in [4.78, 5) is 19.5. The number of hydrogen-bond acceptors (Lipinski definition) is 5. The zero-order chi connectivity index (χ0) is 23.7. The number of hydrogen-bond donors (Lipinski definition) is 3. The zero-order valence-corrected chi connectivity index (χ0v) is 19.3. The first-order chi connectivity index (χ1) is 16.5. The quantitative estimate of drug-likeness (QED) is 0.381. The number of nitrogens with zero attached hydrogens (tertiary/aromatic N) is 1. The lowest BCUT2D eigenvalue weighted by molar-refractivity contribution is 0.0528. The lowest BCUT2D eigenvalue weighted by Gasteiger charge is -2.08. The highest BCUT2D eigenvalue weighted by atomic mass is 35.5. The van der Waals surface area contributed by atoms with E-state index in [0.717, 1.165) is 33.3 Å². The van der Waals surface area contributed by atoms with Crippen LogP contribution in [0.25, 0.3) is 33.3 Å². The van der Waals surface area contributed by atoms with Gasteiger partial charge in [0.25, 0.3) is 11.9 Å². The van der Waals surface area contributed by atoms with Gasteiger partial charge in [-0.05, 0) is 41.0 Å². The Kier molecular flexibility index (Phi) is 6.24. The van der Waals surface area contributed by atoms with Gasteiger partial charge in [-0.3, -0.25) is 4.79 Å². The molecule has 2 heterocycles. The van der Waals surface area contributed by atoms with E-state index in [1.54, 1.807) is 7.05 Å². The van der Waals surface area contributed by atoms with Crippen LogP contribution < -0.4 is 10.1 Å². The second-order valence-electron chi connectivity index (χ2n) is 8.24. The lowest BCUT2D eigenvalue weighted by Crippen LogP contribution is -2.17. The number of carbonyl (C=O) groups excluding carboxylic acids is 1. The van der Waals surface area contributed by atoms with Crippen LogP contribution in [-0.2, 0) is 4.74 Å². The summed E-state index contributed by atoms with van der Waals surface area (Å²) in [7, 11) is 1.62.